The minimum Gasteiger partial charge on any atom is -0.338 e. The fourth-order valence-corrected chi connectivity index (χ4v) is 3.65. The van der Waals surface area contributed by atoms with Gasteiger partial charge >= 0.3 is 0 Å². The molecule has 1 aliphatic rings. The molecule has 1 atom stereocenters. The summed E-state index contributed by atoms with van der Waals surface area (Å²) in [7, 11) is 0. The number of nitrogens with zero attached hydrogens (tertiary/aromatic N) is 1. The van der Waals surface area contributed by atoms with Crippen LogP contribution < -0.4 is 0 Å². The molecule has 1 aromatic rings. The Labute approximate surface area is 113 Å². The second kappa shape index (κ2) is 5.52. The van der Waals surface area contributed by atoms with Gasteiger partial charge in [0.05, 0.1) is 9.21 Å². The second-order valence-corrected chi connectivity index (χ2v) is 6.50. The Balaban J connectivity index is 1.97. The van der Waals surface area contributed by atoms with Crippen molar-refractivity contribution >= 4 is 44.8 Å². The van der Waals surface area contributed by atoms with Crippen LogP contribution in [0, 0.1) is 5.92 Å². The highest BCUT2D eigenvalue weighted by Gasteiger charge is 2.27. The number of carbonyl (C=O) groups excluding carboxylic acids is 1. The van der Waals surface area contributed by atoms with Gasteiger partial charge in [-0.05, 0) is 30.9 Å². The SMILES string of the molecule is O=C(c1ccc(Cl)s1)N1CCC(CCBr)C1. The summed E-state index contributed by atoms with van der Waals surface area (Å²) in [6.07, 6.45) is 2.27. The van der Waals surface area contributed by atoms with Crippen molar-refractivity contribution in [1.29, 1.82) is 0 Å². The fraction of sp³-hybridized carbons (Fsp3) is 0.545. The van der Waals surface area contributed by atoms with E-state index >= 15 is 0 Å². The summed E-state index contributed by atoms with van der Waals surface area (Å²) >= 11 is 10.6. The molecule has 0 aliphatic carbocycles. The molecular formula is C11H13BrClNOS. The van der Waals surface area contributed by atoms with Gasteiger partial charge in [-0.15, -0.1) is 11.3 Å². The molecule has 0 saturated carbocycles. The number of alkyl halides is 1. The van der Waals surface area contributed by atoms with Crippen LogP contribution in [-0.2, 0) is 0 Å². The van der Waals surface area contributed by atoms with E-state index in [2.05, 4.69) is 15.9 Å². The van der Waals surface area contributed by atoms with Crippen LogP contribution in [0.25, 0.3) is 0 Å². The number of halogens is 2. The summed E-state index contributed by atoms with van der Waals surface area (Å²) in [5.41, 5.74) is 0. The lowest BCUT2D eigenvalue weighted by Crippen LogP contribution is -2.28. The monoisotopic (exact) mass is 321 g/mol. The van der Waals surface area contributed by atoms with E-state index in [9.17, 15) is 4.79 Å². The van der Waals surface area contributed by atoms with Gasteiger partial charge < -0.3 is 4.90 Å². The van der Waals surface area contributed by atoms with Crippen molar-refractivity contribution in [3.63, 3.8) is 0 Å². The third-order valence-electron chi connectivity index (χ3n) is 2.87. The summed E-state index contributed by atoms with van der Waals surface area (Å²) in [6, 6.07) is 3.60. The molecule has 1 unspecified atom stereocenters. The Morgan fingerprint density at radius 1 is 1.62 bits per heavy atom. The van der Waals surface area contributed by atoms with Crippen LogP contribution in [0.2, 0.25) is 4.34 Å². The van der Waals surface area contributed by atoms with Crippen molar-refractivity contribution in [3.8, 4) is 0 Å². The maximum Gasteiger partial charge on any atom is 0.263 e. The van der Waals surface area contributed by atoms with Gasteiger partial charge in [-0.1, -0.05) is 27.5 Å². The zero-order valence-corrected chi connectivity index (χ0v) is 11.9. The van der Waals surface area contributed by atoms with Crippen molar-refractivity contribution in [2.24, 2.45) is 5.92 Å². The molecule has 0 aromatic carbocycles. The number of likely N-dealkylation sites (tertiary alicyclic amines) is 1. The molecule has 2 heterocycles. The normalized spacial score (nSPS) is 20.4. The van der Waals surface area contributed by atoms with Gasteiger partial charge in [-0.25, -0.2) is 0 Å². The Bertz CT molecular complexity index is 382. The molecule has 0 spiro atoms. The number of hydrogen-bond acceptors (Lipinski definition) is 2. The zero-order valence-electron chi connectivity index (χ0n) is 8.79. The number of rotatable bonds is 3. The minimum atomic E-state index is 0.133. The van der Waals surface area contributed by atoms with E-state index in [1.807, 2.05) is 11.0 Å². The largest absolute Gasteiger partial charge is 0.338 e. The first-order chi connectivity index (χ1) is 7.70. The fourth-order valence-electron chi connectivity index (χ4n) is 1.99. The van der Waals surface area contributed by atoms with Crippen molar-refractivity contribution in [2.75, 3.05) is 18.4 Å². The zero-order chi connectivity index (χ0) is 11.5. The molecule has 5 heteroatoms. The topological polar surface area (TPSA) is 20.3 Å². The van der Waals surface area contributed by atoms with E-state index in [1.54, 1.807) is 6.07 Å². The highest BCUT2D eigenvalue weighted by molar-refractivity contribution is 9.09. The van der Waals surface area contributed by atoms with Crippen LogP contribution in [0.4, 0.5) is 0 Å². The molecule has 0 radical (unpaired) electrons. The molecule has 16 heavy (non-hydrogen) atoms. The van der Waals surface area contributed by atoms with Crippen LogP contribution in [0.1, 0.15) is 22.5 Å². The van der Waals surface area contributed by atoms with Gasteiger partial charge in [0, 0.05) is 18.4 Å². The van der Waals surface area contributed by atoms with E-state index in [4.69, 9.17) is 11.6 Å². The van der Waals surface area contributed by atoms with E-state index in [0.717, 1.165) is 36.1 Å². The van der Waals surface area contributed by atoms with E-state index in [-0.39, 0.29) is 5.91 Å². The molecule has 1 aliphatic heterocycles. The first kappa shape index (κ1) is 12.4. The van der Waals surface area contributed by atoms with Crippen LogP contribution in [0.5, 0.6) is 0 Å². The third-order valence-corrected chi connectivity index (χ3v) is 4.55. The lowest BCUT2D eigenvalue weighted by Gasteiger charge is -2.15. The third kappa shape index (κ3) is 2.79. The van der Waals surface area contributed by atoms with Crippen molar-refractivity contribution < 1.29 is 4.79 Å². The van der Waals surface area contributed by atoms with Gasteiger partial charge in [-0.3, -0.25) is 4.79 Å². The summed E-state index contributed by atoms with van der Waals surface area (Å²) < 4.78 is 0.680. The number of carbonyl (C=O) groups is 1. The molecule has 0 bridgehead atoms. The second-order valence-electron chi connectivity index (χ2n) is 3.99. The van der Waals surface area contributed by atoms with Crippen LogP contribution in [0.3, 0.4) is 0 Å². The highest BCUT2D eigenvalue weighted by Crippen LogP contribution is 2.26. The van der Waals surface area contributed by atoms with Gasteiger partial charge in [0.2, 0.25) is 0 Å². The molecule has 2 nitrogen and oxygen atoms in total. The summed E-state index contributed by atoms with van der Waals surface area (Å²) in [5, 5.41) is 1.02. The number of hydrogen-bond donors (Lipinski definition) is 0. The average Bonchev–Trinajstić information content (AvgIpc) is 2.87. The van der Waals surface area contributed by atoms with E-state index in [0.29, 0.717) is 10.3 Å². The lowest BCUT2D eigenvalue weighted by molar-refractivity contribution is 0.0792. The van der Waals surface area contributed by atoms with Crippen molar-refractivity contribution in [1.82, 2.24) is 4.90 Å². The van der Waals surface area contributed by atoms with Crippen LogP contribution >= 0.6 is 38.9 Å². The average molecular weight is 323 g/mol. The predicted octanol–water partition coefficient (Wildman–Crippen LogP) is 3.65. The molecule has 0 N–H and O–H groups in total. The van der Waals surface area contributed by atoms with Crippen molar-refractivity contribution in [2.45, 2.75) is 12.8 Å². The molecule has 1 aromatic heterocycles. The van der Waals surface area contributed by atoms with Crippen molar-refractivity contribution in [3.05, 3.63) is 21.3 Å². The Morgan fingerprint density at radius 2 is 2.44 bits per heavy atom. The molecule has 1 saturated heterocycles. The quantitative estimate of drug-likeness (QED) is 0.778. The summed E-state index contributed by atoms with van der Waals surface area (Å²) in [5.74, 6) is 0.785. The highest BCUT2D eigenvalue weighted by atomic mass is 79.9. The Hall–Kier alpha value is -0.0600. The minimum absolute atomic E-state index is 0.133. The first-order valence-electron chi connectivity index (χ1n) is 5.31. The Morgan fingerprint density at radius 3 is 3.06 bits per heavy atom. The smallest absolute Gasteiger partial charge is 0.263 e. The molecule has 2 rings (SSSR count). The standard InChI is InChI=1S/C11H13BrClNOS/c12-5-3-8-4-6-14(7-8)11(15)9-1-2-10(13)16-9/h1-2,8H,3-7H2. The van der Waals surface area contributed by atoms with Crippen LogP contribution in [-0.4, -0.2) is 29.2 Å². The molecule has 1 fully saturated rings. The number of amides is 1. The Kier molecular flexibility index (Phi) is 4.27. The predicted molar refractivity (Wildman–Crippen MR) is 71.8 cm³/mol. The van der Waals surface area contributed by atoms with Gasteiger partial charge in [0.15, 0.2) is 0 Å². The molecule has 1 amide bonds. The lowest BCUT2D eigenvalue weighted by atomic mass is 10.1. The summed E-state index contributed by atoms with van der Waals surface area (Å²) in [4.78, 5) is 14.8. The van der Waals surface area contributed by atoms with E-state index in [1.165, 1.54) is 11.3 Å². The molecule has 88 valence electrons. The molecular weight excluding hydrogens is 310 g/mol. The van der Waals surface area contributed by atoms with Gasteiger partial charge in [-0.2, -0.15) is 0 Å². The summed E-state index contributed by atoms with van der Waals surface area (Å²) in [6.45, 7) is 1.77. The maximum atomic E-state index is 12.1. The van der Waals surface area contributed by atoms with E-state index < -0.39 is 0 Å². The number of thiophene rings is 1. The van der Waals surface area contributed by atoms with Crippen LogP contribution in [0.15, 0.2) is 12.1 Å². The van der Waals surface area contributed by atoms with Gasteiger partial charge in [0.25, 0.3) is 5.91 Å². The maximum absolute atomic E-state index is 12.1. The van der Waals surface area contributed by atoms with Gasteiger partial charge in [0.1, 0.15) is 0 Å². The first-order valence-corrected chi connectivity index (χ1v) is 7.63.